The van der Waals surface area contributed by atoms with Gasteiger partial charge in [-0.2, -0.15) is 0 Å². The van der Waals surface area contributed by atoms with Crippen molar-refractivity contribution in [2.24, 2.45) is 0 Å². The molecule has 2 aromatic carbocycles. The largest absolute Gasteiger partial charge is 0.349 e. The third-order valence-electron chi connectivity index (χ3n) is 4.56. The zero-order valence-electron chi connectivity index (χ0n) is 14.5. The molecule has 0 unspecified atom stereocenters. The van der Waals surface area contributed by atoms with Crippen LogP contribution in [-0.4, -0.2) is 20.4 Å². The molecule has 0 aliphatic heterocycles. The number of anilines is 1. The molecule has 0 bridgehead atoms. The highest BCUT2D eigenvalue weighted by molar-refractivity contribution is 7.92. The van der Waals surface area contributed by atoms with Crippen molar-refractivity contribution < 1.29 is 13.2 Å². The Morgan fingerprint density at radius 3 is 2.50 bits per heavy atom. The molecule has 5 nitrogen and oxygen atoms in total. The van der Waals surface area contributed by atoms with Gasteiger partial charge in [0.15, 0.2) is 0 Å². The third-order valence-corrected chi connectivity index (χ3v) is 6.41. The highest BCUT2D eigenvalue weighted by Gasteiger charge is 2.23. The van der Waals surface area contributed by atoms with Gasteiger partial charge in [-0.1, -0.05) is 42.6 Å². The number of carbonyl (C=O) groups excluding carboxylic acids is 1. The standard InChI is InChI=1S/C19H21ClN2O3S/c1-13-6-2-5-9-17(13)22-26(24,25)18-12-14(10-11-16(18)20)19(23)21-15-7-3-4-8-15/h2,5-6,9-12,15,22H,3-4,7-8H2,1H3,(H,21,23). The monoisotopic (exact) mass is 392 g/mol. The molecule has 1 fully saturated rings. The van der Waals surface area contributed by atoms with Crippen molar-refractivity contribution in [2.75, 3.05) is 4.72 Å². The van der Waals surface area contributed by atoms with E-state index in [2.05, 4.69) is 10.0 Å². The van der Waals surface area contributed by atoms with Crippen LogP contribution in [0.1, 0.15) is 41.6 Å². The topological polar surface area (TPSA) is 75.3 Å². The summed E-state index contributed by atoms with van der Waals surface area (Å²) < 4.78 is 28.1. The van der Waals surface area contributed by atoms with Gasteiger partial charge in [0.25, 0.3) is 15.9 Å². The van der Waals surface area contributed by atoms with Crippen LogP contribution in [0.4, 0.5) is 5.69 Å². The number of carbonyl (C=O) groups is 1. The van der Waals surface area contributed by atoms with Crippen LogP contribution in [0.15, 0.2) is 47.4 Å². The van der Waals surface area contributed by atoms with E-state index in [4.69, 9.17) is 11.6 Å². The maximum atomic E-state index is 12.8. The summed E-state index contributed by atoms with van der Waals surface area (Å²) in [6, 6.07) is 11.5. The first kappa shape index (κ1) is 18.7. The lowest BCUT2D eigenvalue weighted by molar-refractivity contribution is 0.0937. The number of sulfonamides is 1. The van der Waals surface area contributed by atoms with E-state index in [-0.39, 0.29) is 27.4 Å². The van der Waals surface area contributed by atoms with Crippen molar-refractivity contribution in [3.05, 3.63) is 58.6 Å². The van der Waals surface area contributed by atoms with Crippen LogP contribution in [0.2, 0.25) is 5.02 Å². The molecule has 26 heavy (non-hydrogen) atoms. The van der Waals surface area contributed by atoms with E-state index in [1.54, 1.807) is 18.2 Å². The lowest BCUT2D eigenvalue weighted by atomic mass is 10.2. The second-order valence-corrected chi connectivity index (χ2v) is 8.58. The van der Waals surface area contributed by atoms with Crippen molar-refractivity contribution in [1.82, 2.24) is 5.32 Å². The van der Waals surface area contributed by atoms with Crippen molar-refractivity contribution in [3.8, 4) is 0 Å². The molecule has 0 heterocycles. The lowest BCUT2D eigenvalue weighted by Crippen LogP contribution is -2.32. The zero-order valence-corrected chi connectivity index (χ0v) is 16.0. The number of para-hydroxylation sites is 1. The summed E-state index contributed by atoms with van der Waals surface area (Å²) in [5.41, 5.74) is 1.55. The van der Waals surface area contributed by atoms with E-state index in [9.17, 15) is 13.2 Å². The molecule has 1 saturated carbocycles. The van der Waals surface area contributed by atoms with Gasteiger partial charge >= 0.3 is 0 Å². The third kappa shape index (κ3) is 4.19. The van der Waals surface area contributed by atoms with Gasteiger partial charge in [-0.15, -0.1) is 0 Å². The Labute approximate surface area is 158 Å². The molecule has 2 aromatic rings. The molecule has 138 valence electrons. The SMILES string of the molecule is Cc1ccccc1NS(=O)(=O)c1cc(C(=O)NC2CCCC2)ccc1Cl. The van der Waals surface area contributed by atoms with Crippen molar-refractivity contribution in [1.29, 1.82) is 0 Å². The van der Waals surface area contributed by atoms with Gasteiger partial charge in [0.2, 0.25) is 0 Å². The first-order chi connectivity index (χ1) is 12.4. The Hall–Kier alpha value is -2.05. The Morgan fingerprint density at radius 1 is 1.12 bits per heavy atom. The van der Waals surface area contributed by atoms with Crippen LogP contribution in [0.3, 0.4) is 0 Å². The summed E-state index contributed by atoms with van der Waals surface area (Å²) in [4.78, 5) is 12.3. The molecule has 1 amide bonds. The smallest absolute Gasteiger partial charge is 0.263 e. The average molecular weight is 393 g/mol. The van der Waals surface area contributed by atoms with E-state index in [1.165, 1.54) is 12.1 Å². The predicted octanol–water partition coefficient (Wildman–Crippen LogP) is 4.12. The molecule has 0 aromatic heterocycles. The fraction of sp³-hybridized carbons (Fsp3) is 0.316. The van der Waals surface area contributed by atoms with Crippen LogP contribution in [0, 0.1) is 6.92 Å². The summed E-state index contributed by atoms with van der Waals surface area (Å²) in [6.45, 7) is 1.81. The number of rotatable bonds is 5. The second kappa shape index (κ2) is 7.68. The number of hydrogen-bond acceptors (Lipinski definition) is 3. The number of nitrogens with one attached hydrogen (secondary N) is 2. The number of hydrogen-bond donors (Lipinski definition) is 2. The van der Waals surface area contributed by atoms with Crippen LogP contribution in [-0.2, 0) is 10.0 Å². The van der Waals surface area contributed by atoms with E-state index < -0.39 is 10.0 Å². The first-order valence-electron chi connectivity index (χ1n) is 8.56. The fourth-order valence-corrected chi connectivity index (χ4v) is 4.73. The highest BCUT2D eigenvalue weighted by Crippen LogP contribution is 2.26. The Bertz CT molecular complexity index is 922. The van der Waals surface area contributed by atoms with E-state index in [0.717, 1.165) is 31.2 Å². The quantitative estimate of drug-likeness (QED) is 0.803. The maximum absolute atomic E-state index is 12.8. The van der Waals surface area contributed by atoms with Crippen LogP contribution in [0.5, 0.6) is 0 Å². The number of amides is 1. The number of halogens is 1. The molecule has 0 saturated heterocycles. The summed E-state index contributed by atoms with van der Waals surface area (Å²) in [5.74, 6) is -0.277. The molecule has 3 rings (SSSR count). The molecule has 7 heteroatoms. The zero-order chi connectivity index (χ0) is 18.7. The van der Waals surface area contributed by atoms with E-state index in [1.807, 2.05) is 19.1 Å². The van der Waals surface area contributed by atoms with Gasteiger partial charge in [0.1, 0.15) is 4.90 Å². The molecule has 0 atom stereocenters. The van der Waals surface area contributed by atoms with Crippen molar-refractivity contribution in [2.45, 2.75) is 43.5 Å². The van der Waals surface area contributed by atoms with Gasteiger partial charge in [0.05, 0.1) is 10.7 Å². The minimum absolute atomic E-state index is 0.0727. The summed E-state index contributed by atoms with van der Waals surface area (Å²) in [5, 5.41) is 3.03. The number of benzene rings is 2. The Balaban J connectivity index is 1.86. The molecular weight excluding hydrogens is 372 g/mol. The molecular formula is C19H21ClN2O3S. The van der Waals surface area contributed by atoms with Gasteiger partial charge in [0, 0.05) is 11.6 Å². The summed E-state index contributed by atoms with van der Waals surface area (Å²) >= 11 is 6.11. The van der Waals surface area contributed by atoms with Crippen molar-refractivity contribution >= 4 is 33.2 Å². The number of aryl methyl sites for hydroxylation is 1. The predicted molar refractivity (Wildman–Crippen MR) is 103 cm³/mol. The second-order valence-electron chi connectivity index (χ2n) is 6.52. The average Bonchev–Trinajstić information content (AvgIpc) is 3.10. The minimum atomic E-state index is -3.91. The molecule has 0 radical (unpaired) electrons. The lowest BCUT2D eigenvalue weighted by Gasteiger charge is -2.14. The van der Waals surface area contributed by atoms with E-state index >= 15 is 0 Å². The Morgan fingerprint density at radius 2 is 1.81 bits per heavy atom. The molecule has 0 spiro atoms. The normalized spacial score (nSPS) is 15.0. The first-order valence-corrected chi connectivity index (χ1v) is 10.4. The summed E-state index contributed by atoms with van der Waals surface area (Å²) in [6.07, 6.45) is 4.12. The molecule has 1 aliphatic carbocycles. The van der Waals surface area contributed by atoms with Crippen LogP contribution >= 0.6 is 11.6 Å². The Kier molecular flexibility index (Phi) is 5.53. The molecule has 2 N–H and O–H groups in total. The van der Waals surface area contributed by atoms with Crippen LogP contribution < -0.4 is 10.0 Å². The van der Waals surface area contributed by atoms with E-state index in [0.29, 0.717) is 5.69 Å². The van der Waals surface area contributed by atoms with Gasteiger partial charge < -0.3 is 5.32 Å². The van der Waals surface area contributed by atoms with Gasteiger partial charge in [-0.05, 0) is 49.6 Å². The molecule has 1 aliphatic rings. The fourth-order valence-electron chi connectivity index (χ4n) is 3.08. The highest BCUT2D eigenvalue weighted by atomic mass is 35.5. The van der Waals surface area contributed by atoms with Crippen molar-refractivity contribution in [3.63, 3.8) is 0 Å². The van der Waals surface area contributed by atoms with Gasteiger partial charge in [-0.3, -0.25) is 9.52 Å². The maximum Gasteiger partial charge on any atom is 0.263 e. The minimum Gasteiger partial charge on any atom is -0.349 e. The van der Waals surface area contributed by atoms with Gasteiger partial charge in [-0.25, -0.2) is 8.42 Å². The summed E-state index contributed by atoms with van der Waals surface area (Å²) in [7, 11) is -3.91. The van der Waals surface area contributed by atoms with Crippen LogP contribution in [0.25, 0.3) is 0 Å².